The van der Waals surface area contributed by atoms with Crippen molar-refractivity contribution in [1.82, 2.24) is 10.7 Å². The fourth-order valence-corrected chi connectivity index (χ4v) is 2.71. The molecule has 0 aliphatic rings. The molecule has 29 heavy (non-hydrogen) atoms. The fraction of sp³-hybridized carbons (Fsp3) is 0.348. The molecule has 2 amide bonds. The Bertz CT molecular complexity index is 841. The molecule has 0 fully saturated rings. The second kappa shape index (κ2) is 10.4. The van der Waals surface area contributed by atoms with Gasteiger partial charge in [0, 0.05) is 5.56 Å². The predicted octanol–water partition coefficient (Wildman–Crippen LogP) is 3.72. The summed E-state index contributed by atoms with van der Waals surface area (Å²) in [6.45, 7) is 8.00. The quantitative estimate of drug-likeness (QED) is 0.528. The average Bonchev–Trinajstić information content (AvgIpc) is 2.71. The smallest absolute Gasteiger partial charge is 0.262 e. The number of carbonyl (C=O) groups is 2. The minimum Gasteiger partial charge on any atom is -0.497 e. The Morgan fingerprint density at radius 1 is 0.966 bits per heavy atom. The van der Waals surface area contributed by atoms with Crippen LogP contribution < -0.4 is 15.5 Å². The Morgan fingerprint density at radius 3 is 2.10 bits per heavy atom. The van der Waals surface area contributed by atoms with Gasteiger partial charge in [0.2, 0.25) is 0 Å². The summed E-state index contributed by atoms with van der Waals surface area (Å²) in [5.41, 5.74) is 5.11. The molecule has 0 aromatic heterocycles. The summed E-state index contributed by atoms with van der Waals surface area (Å²) in [6.07, 6.45) is 1.59. The van der Waals surface area contributed by atoms with Gasteiger partial charge in [-0.3, -0.25) is 9.59 Å². The second-order valence-corrected chi connectivity index (χ2v) is 7.48. The molecule has 6 heteroatoms. The van der Waals surface area contributed by atoms with Crippen LogP contribution in [-0.4, -0.2) is 31.2 Å². The zero-order valence-electron chi connectivity index (χ0n) is 17.6. The Kier molecular flexibility index (Phi) is 7.95. The maximum absolute atomic E-state index is 12.5. The van der Waals surface area contributed by atoms with Crippen LogP contribution in [0.15, 0.2) is 53.6 Å². The van der Waals surface area contributed by atoms with Gasteiger partial charge in [-0.1, -0.05) is 52.0 Å². The largest absolute Gasteiger partial charge is 0.497 e. The second-order valence-electron chi connectivity index (χ2n) is 7.48. The molecule has 1 unspecified atom stereocenters. The number of hydrogen-bond acceptors (Lipinski definition) is 4. The van der Waals surface area contributed by atoms with Crippen molar-refractivity contribution < 1.29 is 14.3 Å². The average molecular weight is 396 g/mol. The van der Waals surface area contributed by atoms with Crippen molar-refractivity contribution in [3.8, 4) is 5.75 Å². The summed E-state index contributed by atoms with van der Waals surface area (Å²) < 4.78 is 5.09. The lowest BCUT2D eigenvalue weighted by atomic mass is 10.0. The number of carbonyl (C=O) groups excluding carboxylic acids is 2. The van der Waals surface area contributed by atoms with Crippen molar-refractivity contribution in [2.45, 2.75) is 39.7 Å². The van der Waals surface area contributed by atoms with E-state index in [0.29, 0.717) is 17.2 Å². The predicted molar refractivity (Wildman–Crippen MR) is 115 cm³/mol. The van der Waals surface area contributed by atoms with Crippen LogP contribution in [0.5, 0.6) is 5.75 Å². The van der Waals surface area contributed by atoms with Crippen LogP contribution >= 0.6 is 0 Å². The molecular weight excluding hydrogens is 366 g/mol. The van der Waals surface area contributed by atoms with Crippen molar-refractivity contribution >= 4 is 18.0 Å². The minimum atomic E-state index is -0.704. The van der Waals surface area contributed by atoms with Gasteiger partial charge in [-0.15, -0.1) is 0 Å². The first kappa shape index (κ1) is 22.1. The molecule has 0 radical (unpaired) electrons. The Morgan fingerprint density at radius 2 is 1.59 bits per heavy atom. The number of nitrogens with zero attached hydrogens (tertiary/aromatic N) is 1. The van der Waals surface area contributed by atoms with Crippen LogP contribution in [0.3, 0.4) is 0 Å². The van der Waals surface area contributed by atoms with Gasteiger partial charge in [-0.2, -0.15) is 5.10 Å². The van der Waals surface area contributed by atoms with Gasteiger partial charge in [0.15, 0.2) is 0 Å². The van der Waals surface area contributed by atoms with Crippen molar-refractivity contribution in [2.24, 2.45) is 11.0 Å². The minimum absolute atomic E-state index is 0.0993. The summed E-state index contributed by atoms with van der Waals surface area (Å²) in [5, 5.41) is 6.80. The van der Waals surface area contributed by atoms with Crippen LogP contribution in [0.1, 0.15) is 55.1 Å². The summed E-state index contributed by atoms with van der Waals surface area (Å²) in [6, 6.07) is 14.0. The highest BCUT2D eigenvalue weighted by atomic mass is 16.5. The van der Waals surface area contributed by atoms with Gasteiger partial charge in [0.25, 0.3) is 11.8 Å². The van der Waals surface area contributed by atoms with E-state index in [1.54, 1.807) is 37.6 Å². The molecular formula is C23H29N3O3. The summed E-state index contributed by atoms with van der Waals surface area (Å²) in [4.78, 5) is 25.0. The number of ether oxygens (including phenoxy) is 1. The van der Waals surface area contributed by atoms with Gasteiger partial charge < -0.3 is 10.1 Å². The molecule has 0 saturated carbocycles. The first-order valence-electron chi connectivity index (χ1n) is 9.69. The lowest BCUT2D eigenvalue weighted by Crippen LogP contribution is -2.48. The molecule has 154 valence electrons. The number of nitrogens with one attached hydrogen (secondary N) is 2. The number of hydrogen-bond donors (Lipinski definition) is 2. The van der Waals surface area contributed by atoms with E-state index in [-0.39, 0.29) is 17.7 Å². The van der Waals surface area contributed by atoms with Gasteiger partial charge in [0.1, 0.15) is 11.8 Å². The highest BCUT2D eigenvalue weighted by Crippen LogP contribution is 2.14. The molecule has 0 bridgehead atoms. The number of hydrazone groups is 1. The van der Waals surface area contributed by atoms with E-state index in [1.165, 1.54) is 5.56 Å². The zero-order valence-corrected chi connectivity index (χ0v) is 17.6. The van der Waals surface area contributed by atoms with Crippen molar-refractivity contribution in [2.75, 3.05) is 7.11 Å². The lowest BCUT2D eigenvalue weighted by molar-refractivity contribution is -0.123. The normalized spacial score (nSPS) is 12.2. The van der Waals surface area contributed by atoms with E-state index in [1.807, 2.05) is 38.1 Å². The first-order chi connectivity index (χ1) is 13.8. The molecule has 2 rings (SSSR count). The standard InChI is InChI=1S/C23H29N3O3/c1-15(2)18-8-6-17(7-9-18)14-24-26-23(28)21(16(3)4)25-22(27)19-10-12-20(29-5)13-11-19/h6-16,21H,1-5H3,(H,25,27)(H,26,28). The van der Waals surface area contributed by atoms with E-state index in [2.05, 4.69) is 29.7 Å². The van der Waals surface area contributed by atoms with Crippen LogP contribution in [0.25, 0.3) is 0 Å². The summed E-state index contributed by atoms with van der Waals surface area (Å²) in [5.74, 6) is 0.335. The first-order valence-corrected chi connectivity index (χ1v) is 9.69. The number of benzene rings is 2. The van der Waals surface area contributed by atoms with Crippen LogP contribution in [0, 0.1) is 5.92 Å². The van der Waals surface area contributed by atoms with Gasteiger partial charge in [-0.05, 0) is 47.2 Å². The molecule has 2 N–H and O–H groups in total. The van der Waals surface area contributed by atoms with Gasteiger partial charge in [-0.25, -0.2) is 5.43 Å². The van der Waals surface area contributed by atoms with Gasteiger partial charge >= 0.3 is 0 Å². The van der Waals surface area contributed by atoms with E-state index in [9.17, 15) is 9.59 Å². The fourth-order valence-electron chi connectivity index (χ4n) is 2.71. The molecule has 0 heterocycles. The molecule has 1 atom stereocenters. The SMILES string of the molecule is COc1ccc(C(=O)NC(C(=O)NN=Cc2ccc(C(C)C)cc2)C(C)C)cc1. The zero-order chi connectivity index (χ0) is 21.4. The van der Waals surface area contributed by atoms with Crippen molar-refractivity contribution in [1.29, 1.82) is 0 Å². The number of amides is 2. The molecule has 2 aromatic carbocycles. The molecule has 0 saturated heterocycles. The lowest BCUT2D eigenvalue weighted by Gasteiger charge is -2.20. The van der Waals surface area contributed by atoms with Crippen LogP contribution in [-0.2, 0) is 4.79 Å². The maximum atomic E-state index is 12.5. The Hall–Kier alpha value is -3.15. The summed E-state index contributed by atoms with van der Waals surface area (Å²) in [7, 11) is 1.56. The maximum Gasteiger partial charge on any atom is 0.262 e. The van der Waals surface area contributed by atoms with E-state index >= 15 is 0 Å². The van der Waals surface area contributed by atoms with E-state index in [4.69, 9.17) is 4.74 Å². The highest BCUT2D eigenvalue weighted by molar-refractivity contribution is 5.97. The third kappa shape index (κ3) is 6.45. The third-order valence-electron chi connectivity index (χ3n) is 4.58. The van der Waals surface area contributed by atoms with E-state index in [0.717, 1.165) is 5.56 Å². The summed E-state index contributed by atoms with van der Waals surface area (Å²) >= 11 is 0. The molecule has 0 aliphatic heterocycles. The number of methoxy groups -OCH3 is 1. The van der Waals surface area contributed by atoms with Gasteiger partial charge in [0.05, 0.1) is 13.3 Å². The Labute approximate surface area is 172 Å². The monoisotopic (exact) mass is 395 g/mol. The van der Waals surface area contributed by atoms with Crippen LogP contribution in [0.4, 0.5) is 0 Å². The van der Waals surface area contributed by atoms with Crippen molar-refractivity contribution in [3.05, 3.63) is 65.2 Å². The topological polar surface area (TPSA) is 79.8 Å². The molecule has 6 nitrogen and oxygen atoms in total. The van der Waals surface area contributed by atoms with Crippen molar-refractivity contribution in [3.63, 3.8) is 0 Å². The number of rotatable bonds is 8. The molecule has 0 aliphatic carbocycles. The van der Waals surface area contributed by atoms with Crippen LogP contribution in [0.2, 0.25) is 0 Å². The Balaban J connectivity index is 1.98. The van der Waals surface area contributed by atoms with E-state index < -0.39 is 6.04 Å². The highest BCUT2D eigenvalue weighted by Gasteiger charge is 2.24. The molecule has 2 aromatic rings. The molecule has 0 spiro atoms. The third-order valence-corrected chi connectivity index (χ3v) is 4.58.